The van der Waals surface area contributed by atoms with Crippen molar-refractivity contribution in [3.05, 3.63) is 48.8 Å². The molecule has 0 aliphatic carbocycles. The first-order chi connectivity index (χ1) is 7.38. The second-order valence-corrected chi connectivity index (χ2v) is 4.30. The van der Waals surface area contributed by atoms with Crippen LogP contribution < -0.4 is 0 Å². The summed E-state index contributed by atoms with van der Waals surface area (Å²) in [6.07, 6.45) is 3.54. The van der Waals surface area contributed by atoms with Crippen LogP contribution in [0.2, 0.25) is 0 Å². The molecule has 2 aromatic heterocycles. The molecule has 0 atom stereocenters. The van der Waals surface area contributed by atoms with Crippen LogP contribution in [0.4, 0.5) is 0 Å². The smallest absolute Gasteiger partial charge is 0.0886 e. The van der Waals surface area contributed by atoms with Crippen molar-refractivity contribution in [1.82, 2.24) is 9.97 Å². The number of hydrogen-bond acceptors (Lipinski definition) is 2. The Hall–Kier alpha value is -0.601. The maximum atomic E-state index is 4.76. The minimum absolute atomic E-state index is 0. The molecule has 16 heavy (non-hydrogen) atoms. The molecule has 2 aromatic rings. The van der Waals surface area contributed by atoms with Gasteiger partial charge in [0.1, 0.15) is 0 Å². The second kappa shape index (κ2) is 9.61. The first kappa shape index (κ1) is 15.4. The van der Waals surface area contributed by atoms with Crippen LogP contribution in [0.3, 0.4) is 0 Å². The monoisotopic (exact) mass is 298 g/mol. The molecular weight excluding hydrogens is 287 g/mol. The van der Waals surface area contributed by atoms with E-state index >= 15 is 0 Å². The van der Waals surface area contributed by atoms with E-state index in [0.29, 0.717) is 0 Å². The molecule has 2 heterocycles. The van der Waals surface area contributed by atoms with Gasteiger partial charge in [-0.15, -0.1) is 0 Å². The fourth-order valence-electron chi connectivity index (χ4n) is 1.03. The van der Waals surface area contributed by atoms with Gasteiger partial charge in [0.05, 0.1) is 11.4 Å². The van der Waals surface area contributed by atoms with Gasteiger partial charge in [0.15, 0.2) is 0 Å². The Morgan fingerprint density at radius 1 is 0.812 bits per heavy atom. The van der Waals surface area contributed by atoms with Crippen molar-refractivity contribution in [2.45, 2.75) is 7.43 Å². The van der Waals surface area contributed by atoms with Gasteiger partial charge in [-0.1, -0.05) is 19.6 Å². The zero-order valence-electron chi connectivity index (χ0n) is 7.62. The molecule has 0 radical (unpaired) electrons. The van der Waals surface area contributed by atoms with Crippen molar-refractivity contribution >= 4 is 20.2 Å². The quantitative estimate of drug-likeness (QED) is 0.739. The molecule has 5 heteroatoms. The van der Waals surface area contributed by atoms with Gasteiger partial charge < -0.3 is 0 Å². The molecule has 0 amide bonds. The maximum absolute atomic E-state index is 4.76. The standard InChI is InChI=1S/C10H8N2.CH4.2ClH.Fe/c1-3-7-11-9(5-1)10-6-2-4-8-12-10;;;;/h1-8H;1H4;2*1H;/q;;;;+2/p-2. The second-order valence-electron chi connectivity index (χ2n) is 2.48. The Kier molecular flexibility index (Phi) is 9.25. The SMILES string of the molecule is C.[Cl][Fe][Cl].c1ccc(-c2ccccn2)nc1. The van der Waals surface area contributed by atoms with Gasteiger partial charge in [0, 0.05) is 12.4 Å². The van der Waals surface area contributed by atoms with E-state index in [4.69, 9.17) is 20.2 Å². The molecule has 0 saturated carbocycles. The van der Waals surface area contributed by atoms with Crippen LogP contribution in [0, 0.1) is 0 Å². The van der Waals surface area contributed by atoms with Crippen LogP contribution in [-0.4, -0.2) is 9.97 Å². The molecule has 0 spiro atoms. The summed E-state index contributed by atoms with van der Waals surface area (Å²) in [7, 11) is 9.53. The first-order valence-corrected chi connectivity index (χ1v) is 7.10. The van der Waals surface area contributed by atoms with E-state index in [0.717, 1.165) is 11.4 Å². The topological polar surface area (TPSA) is 25.8 Å². The number of nitrogens with zero attached hydrogens (tertiary/aromatic N) is 2. The first-order valence-electron chi connectivity index (χ1n) is 4.06. The van der Waals surface area contributed by atoms with Crippen LogP contribution in [0.25, 0.3) is 11.4 Å². The van der Waals surface area contributed by atoms with Gasteiger partial charge in [-0.05, 0) is 24.3 Å². The normalized spacial score (nSPS) is 8.62. The zero-order chi connectivity index (χ0) is 10.9. The largest absolute Gasteiger partial charge is 0.255 e. The van der Waals surface area contributed by atoms with E-state index in [2.05, 4.69) is 9.97 Å². The summed E-state index contributed by atoms with van der Waals surface area (Å²) in [5, 5.41) is 0. The molecule has 0 bridgehead atoms. The maximum Gasteiger partial charge on any atom is 0.0886 e. The molecule has 0 N–H and O–H groups in total. The number of hydrogen-bond donors (Lipinski definition) is 0. The summed E-state index contributed by atoms with van der Waals surface area (Å²) in [4.78, 5) is 8.37. The van der Waals surface area contributed by atoms with Crippen molar-refractivity contribution in [1.29, 1.82) is 0 Å². The predicted molar refractivity (Wildman–Crippen MR) is 65.9 cm³/mol. The average molecular weight is 299 g/mol. The fourth-order valence-corrected chi connectivity index (χ4v) is 1.03. The van der Waals surface area contributed by atoms with Crippen molar-refractivity contribution in [2.75, 3.05) is 0 Å². The summed E-state index contributed by atoms with van der Waals surface area (Å²) >= 11 is 0.194. The van der Waals surface area contributed by atoms with Gasteiger partial charge in [-0.2, -0.15) is 0 Å². The third-order valence-electron chi connectivity index (χ3n) is 1.59. The van der Waals surface area contributed by atoms with E-state index in [1.165, 1.54) is 0 Å². The molecule has 0 aliphatic heterocycles. The summed E-state index contributed by atoms with van der Waals surface area (Å²) in [6, 6.07) is 11.6. The van der Waals surface area contributed by atoms with Gasteiger partial charge >= 0.3 is 33.3 Å². The molecule has 0 aliphatic rings. The third kappa shape index (κ3) is 5.47. The molecule has 0 aromatic carbocycles. The summed E-state index contributed by atoms with van der Waals surface area (Å²) in [6.45, 7) is 0. The van der Waals surface area contributed by atoms with Crippen LogP contribution in [0.5, 0.6) is 0 Å². The van der Waals surface area contributed by atoms with Gasteiger partial charge in [-0.3, -0.25) is 9.97 Å². The fraction of sp³-hybridized carbons (Fsp3) is 0.0909. The van der Waals surface area contributed by atoms with Crippen molar-refractivity contribution in [3.63, 3.8) is 0 Å². The van der Waals surface area contributed by atoms with Gasteiger partial charge in [-0.25, -0.2) is 0 Å². The Morgan fingerprint density at radius 3 is 1.44 bits per heavy atom. The number of pyridine rings is 2. The summed E-state index contributed by atoms with van der Waals surface area (Å²) in [5.74, 6) is 0. The van der Waals surface area contributed by atoms with Crippen LogP contribution >= 0.6 is 20.2 Å². The van der Waals surface area contributed by atoms with Gasteiger partial charge in [0.25, 0.3) is 0 Å². The van der Waals surface area contributed by atoms with E-state index < -0.39 is 0 Å². The Bertz CT molecular complexity index is 333. The average Bonchev–Trinajstić information content (AvgIpc) is 2.32. The molecule has 0 saturated heterocycles. The molecule has 2 rings (SSSR count). The number of rotatable bonds is 1. The third-order valence-corrected chi connectivity index (χ3v) is 1.59. The predicted octanol–water partition coefficient (Wildman–Crippen LogP) is 4.16. The minimum Gasteiger partial charge on any atom is -0.255 e. The molecule has 2 nitrogen and oxygen atoms in total. The van der Waals surface area contributed by atoms with E-state index in [-0.39, 0.29) is 20.6 Å². The van der Waals surface area contributed by atoms with Crippen molar-refractivity contribution < 1.29 is 13.1 Å². The van der Waals surface area contributed by atoms with Crippen molar-refractivity contribution in [2.24, 2.45) is 0 Å². The molecule has 0 unspecified atom stereocenters. The van der Waals surface area contributed by atoms with Crippen LogP contribution in [-0.2, 0) is 13.1 Å². The Labute approximate surface area is 111 Å². The number of aromatic nitrogens is 2. The summed E-state index contributed by atoms with van der Waals surface area (Å²) in [5.41, 5.74) is 1.83. The zero-order valence-corrected chi connectivity index (χ0v) is 10.2. The minimum atomic E-state index is 0. The Balaban J connectivity index is 0.000000511. The van der Waals surface area contributed by atoms with Crippen LogP contribution in [0.15, 0.2) is 48.8 Å². The van der Waals surface area contributed by atoms with Crippen LogP contribution in [0.1, 0.15) is 7.43 Å². The van der Waals surface area contributed by atoms with E-state index in [1.54, 1.807) is 12.4 Å². The Morgan fingerprint density at radius 2 is 1.19 bits per heavy atom. The van der Waals surface area contributed by atoms with Crippen molar-refractivity contribution in [3.8, 4) is 11.4 Å². The van der Waals surface area contributed by atoms with E-state index in [9.17, 15) is 0 Å². The molecular formula is C11H12Cl2FeN2. The number of halogens is 2. The molecule has 0 fully saturated rings. The summed E-state index contributed by atoms with van der Waals surface area (Å²) < 4.78 is 0. The molecule has 88 valence electrons. The van der Waals surface area contributed by atoms with Gasteiger partial charge in [0.2, 0.25) is 0 Å². The van der Waals surface area contributed by atoms with E-state index in [1.807, 2.05) is 36.4 Å².